The third-order valence-corrected chi connectivity index (χ3v) is 4.49. The Hall–Kier alpha value is -2.87. The van der Waals surface area contributed by atoms with Crippen LogP contribution in [0.4, 0.5) is 10.5 Å². The molecule has 0 radical (unpaired) electrons. The third-order valence-electron chi connectivity index (χ3n) is 4.00. The lowest BCUT2D eigenvalue weighted by molar-refractivity contribution is -0.120. The van der Waals surface area contributed by atoms with Gasteiger partial charge in [-0.3, -0.25) is 9.59 Å². The minimum Gasteiger partial charge on any atom is -0.444 e. The largest absolute Gasteiger partial charge is 0.444 e. The Balaban J connectivity index is 1.70. The van der Waals surface area contributed by atoms with Crippen LogP contribution in [-0.2, 0) is 27.3 Å². The fraction of sp³-hybridized carbons (Fsp3) is 0.348. The summed E-state index contributed by atoms with van der Waals surface area (Å²) in [7, 11) is 0. The molecule has 3 amide bonds. The topological polar surface area (TPSA) is 96.5 Å². The molecule has 0 fully saturated rings. The van der Waals surface area contributed by atoms with Gasteiger partial charge in [0.15, 0.2) is 0 Å². The van der Waals surface area contributed by atoms with Crippen LogP contribution in [-0.4, -0.2) is 30.1 Å². The van der Waals surface area contributed by atoms with Crippen molar-refractivity contribution < 1.29 is 19.1 Å². The maximum atomic E-state index is 12.1. The summed E-state index contributed by atoms with van der Waals surface area (Å²) in [6.45, 7) is 5.91. The molecule has 0 aliphatic heterocycles. The standard InChI is InChI=1S/C23H28BrN3O4/c1-23(2,3)31-22(30)25-12-11-20(28)27-19-9-7-16(8-10-19)15-26-21(29)14-17-5-4-6-18(24)13-17/h4-10,13H,11-12,14-15H2,1-3H3,(H,25,30)(H,26,29)(H,27,28). The van der Waals surface area contributed by atoms with E-state index in [1.807, 2.05) is 36.4 Å². The second-order valence-corrected chi connectivity index (χ2v) is 8.92. The number of alkyl carbamates (subject to hydrolysis) is 1. The Labute approximate surface area is 191 Å². The van der Waals surface area contributed by atoms with E-state index in [9.17, 15) is 14.4 Å². The van der Waals surface area contributed by atoms with Gasteiger partial charge in [-0.2, -0.15) is 0 Å². The number of ether oxygens (including phenoxy) is 1. The Bertz CT molecular complexity index is 908. The monoisotopic (exact) mass is 489 g/mol. The average molecular weight is 490 g/mol. The van der Waals surface area contributed by atoms with Crippen LogP contribution in [0.2, 0.25) is 0 Å². The molecular weight excluding hydrogens is 462 g/mol. The second-order valence-electron chi connectivity index (χ2n) is 8.01. The summed E-state index contributed by atoms with van der Waals surface area (Å²) < 4.78 is 6.06. The highest BCUT2D eigenvalue weighted by Gasteiger charge is 2.15. The number of hydrogen-bond donors (Lipinski definition) is 3. The van der Waals surface area contributed by atoms with E-state index < -0.39 is 11.7 Å². The molecule has 2 aromatic carbocycles. The van der Waals surface area contributed by atoms with Crippen molar-refractivity contribution in [1.29, 1.82) is 0 Å². The van der Waals surface area contributed by atoms with Gasteiger partial charge in [-0.15, -0.1) is 0 Å². The number of halogens is 1. The number of amides is 3. The van der Waals surface area contributed by atoms with Crippen LogP contribution in [0.15, 0.2) is 53.0 Å². The van der Waals surface area contributed by atoms with E-state index >= 15 is 0 Å². The van der Waals surface area contributed by atoms with Crippen molar-refractivity contribution in [2.24, 2.45) is 0 Å². The van der Waals surface area contributed by atoms with Gasteiger partial charge >= 0.3 is 6.09 Å². The van der Waals surface area contributed by atoms with Crippen LogP contribution in [0.3, 0.4) is 0 Å². The third kappa shape index (κ3) is 10.1. The van der Waals surface area contributed by atoms with Gasteiger partial charge in [0.25, 0.3) is 0 Å². The molecule has 0 saturated carbocycles. The molecule has 3 N–H and O–H groups in total. The van der Waals surface area contributed by atoms with Crippen LogP contribution in [0.25, 0.3) is 0 Å². The summed E-state index contributed by atoms with van der Waals surface area (Å²) in [5.74, 6) is -0.279. The van der Waals surface area contributed by atoms with Crippen molar-refractivity contribution in [3.63, 3.8) is 0 Å². The van der Waals surface area contributed by atoms with Gasteiger partial charge < -0.3 is 20.7 Å². The molecule has 31 heavy (non-hydrogen) atoms. The van der Waals surface area contributed by atoms with Gasteiger partial charge in [-0.05, 0) is 56.2 Å². The number of rotatable bonds is 8. The summed E-state index contributed by atoms with van der Waals surface area (Å²) in [6, 6.07) is 14.9. The first-order chi connectivity index (χ1) is 14.6. The van der Waals surface area contributed by atoms with Gasteiger partial charge in [0.1, 0.15) is 5.60 Å². The molecule has 0 unspecified atom stereocenters. The van der Waals surface area contributed by atoms with E-state index in [0.717, 1.165) is 15.6 Å². The van der Waals surface area contributed by atoms with Crippen LogP contribution in [0.1, 0.15) is 38.3 Å². The SMILES string of the molecule is CC(C)(C)OC(=O)NCCC(=O)Nc1ccc(CNC(=O)Cc2cccc(Br)c2)cc1. The minimum atomic E-state index is -0.577. The summed E-state index contributed by atoms with van der Waals surface area (Å²) >= 11 is 3.40. The molecule has 0 bridgehead atoms. The molecular formula is C23H28BrN3O4. The van der Waals surface area contributed by atoms with Gasteiger partial charge in [0.05, 0.1) is 6.42 Å². The molecule has 0 heterocycles. The smallest absolute Gasteiger partial charge is 0.407 e. The maximum absolute atomic E-state index is 12.1. The van der Waals surface area contributed by atoms with E-state index in [1.54, 1.807) is 32.9 Å². The molecule has 0 saturated heterocycles. The van der Waals surface area contributed by atoms with Gasteiger partial charge in [0.2, 0.25) is 11.8 Å². The van der Waals surface area contributed by atoms with Crippen molar-refractivity contribution in [1.82, 2.24) is 10.6 Å². The van der Waals surface area contributed by atoms with Crippen LogP contribution < -0.4 is 16.0 Å². The predicted molar refractivity (Wildman–Crippen MR) is 124 cm³/mol. The number of nitrogens with one attached hydrogen (secondary N) is 3. The Morgan fingerprint density at radius 1 is 0.935 bits per heavy atom. The molecule has 2 rings (SSSR count). The number of carbonyl (C=O) groups excluding carboxylic acids is 3. The molecule has 166 valence electrons. The predicted octanol–water partition coefficient (Wildman–Crippen LogP) is 4.16. The lowest BCUT2D eigenvalue weighted by Gasteiger charge is -2.19. The molecule has 0 atom stereocenters. The zero-order chi connectivity index (χ0) is 22.9. The molecule has 0 aliphatic carbocycles. The number of benzene rings is 2. The average Bonchev–Trinajstić information content (AvgIpc) is 2.66. The minimum absolute atomic E-state index is 0.0621. The second kappa shape index (κ2) is 11.5. The summed E-state index contributed by atoms with van der Waals surface area (Å²) in [5.41, 5.74) is 1.93. The number of carbonyl (C=O) groups is 3. The quantitative estimate of drug-likeness (QED) is 0.518. The van der Waals surface area contributed by atoms with Gasteiger partial charge in [-0.25, -0.2) is 4.79 Å². The van der Waals surface area contributed by atoms with Crippen LogP contribution in [0.5, 0.6) is 0 Å². The normalized spacial score (nSPS) is 10.8. The molecule has 0 aliphatic rings. The molecule has 0 aromatic heterocycles. The highest BCUT2D eigenvalue weighted by atomic mass is 79.9. The lowest BCUT2D eigenvalue weighted by Crippen LogP contribution is -2.34. The maximum Gasteiger partial charge on any atom is 0.407 e. The zero-order valence-corrected chi connectivity index (χ0v) is 19.5. The zero-order valence-electron chi connectivity index (χ0n) is 18.0. The van der Waals surface area contributed by atoms with Crippen LogP contribution >= 0.6 is 15.9 Å². The van der Waals surface area contributed by atoms with Crippen molar-refractivity contribution in [3.05, 3.63) is 64.1 Å². The molecule has 0 spiro atoms. The van der Waals surface area contributed by atoms with Gasteiger partial charge in [0, 0.05) is 29.7 Å². The fourth-order valence-electron chi connectivity index (χ4n) is 2.62. The highest BCUT2D eigenvalue weighted by molar-refractivity contribution is 9.10. The lowest BCUT2D eigenvalue weighted by atomic mass is 10.1. The fourth-order valence-corrected chi connectivity index (χ4v) is 3.06. The van der Waals surface area contributed by atoms with Crippen molar-refractivity contribution in [2.75, 3.05) is 11.9 Å². The number of anilines is 1. The molecule has 7 nitrogen and oxygen atoms in total. The van der Waals surface area contributed by atoms with E-state index in [2.05, 4.69) is 31.9 Å². The van der Waals surface area contributed by atoms with E-state index in [1.165, 1.54) is 0 Å². The highest BCUT2D eigenvalue weighted by Crippen LogP contribution is 2.13. The summed E-state index contributed by atoms with van der Waals surface area (Å²) in [4.78, 5) is 35.7. The van der Waals surface area contributed by atoms with Crippen molar-refractivity contribution in [3.8, 4) is 0 Å². The Morgan fingerprint density at radius 3 is 2.29 bits per heavy atom. The summed E-state index contributed by atoms with van der Waals surface area (Å²) in [5, 5.41) is 8.21. The van der Waals surface area contributed by atoms with E-state index in [4.69, 9.17) is 4.74 Å². The van der Waals surface area contributed by atoms with E-state index in [-0.39, 0.29) is 24.8 Å². The molecule has 8 heteroatoms. The van der Waals surface area contributed by atoms with Crippen molar-refractivity contribution >= 4 is 39.5 Å². The first-order valence-electron chi connectivity index (χ1n) is 9.97. The first kappa shape index (κ1) is 24.4. The summed E-state index contributed by atoms with van der Waals surface area (Å²) in [6.07, 6.45) is -0.107. The first-order valence-corrected chi connectivity index (χ1v) is 10.8. The Kier molecular flexibility index (Phi) is 9.05. The number of hydrogen-bond acceptors (Lipinski definition) is 4. The Morgan fingerprint density at radius 2 is 1.65 bits per heavy atom. The van der Waals surface area contributed by atoms with Crippen molar-refractivity contribution in [2.45, 2.75) is 45.8 Å². The molecule has 2 aromatic rings. The van der Waals surface area contributed by atoms with Gasteiger partial charge in [-0.1, -0.05) is 40.2 Å². The van der Waals surface area contributed by atoms with Crippen LogP contribution in [0, 0.1) is 0 Å². The van der Waals surface area contributed by atoms with E-state index in [0.29, 0.717) is 18.7 Å².